The minimum Gasteiger partial charge on any atom is -0.404 e. The van der Waals surface area contributed by atoms with E-state index in [1.54, 1.807) is 29.5 Å². The van der Waals surface area contributed by atoms with Gasteiger partial charge in [-0.3, -0.25) is 4.99 Å². The molecule has 0 saturated heterocycles. The first-order valence-electron chi connectivity index (χ1n) is 9.91. The van der Waals surface area contributed by atoms with E-state index in [0.717, 1.165) is 63.6 Å². The van der Waals surface area contributed by atoms with E-state index < -0.39 is 0 Å². The molecular formula is C21H35N7. The zero-order valence-electron chi connectivity index (χ0n) is 17.1. The topological polar surface area (TPSA) is 92.6 Å². The molecule has 0 radical (unpaired) electrons. The molecule has 4 N–H and O–H groups in total. The highest BCUT2D eigenvalue weighted by molar-refractivity contribution is 5.82. The zero-order valence-corrected chi connectivity index (χ0v) is 17.1. The lowest BCUT2D eigenvalue weighted by Gasteiger charge is -2.02. The number of unbranched alkanes of at least 4 members (excludes halogenated alkanes) is 4. The van der Waals surface area contributed by atoms with Gasteiger partial charge in [-0.2, -0.15) is 5.10 Å². The second-order valence-electron chi connectivity index (χ2n) is 6.41. The molecule has 1 aromatic rings. The number of nitrogens with one attached hydrogen (secondary N) is 2. The van der Waals surface area contributed by atoms with Crippen molar-refractivity contribution in [3.05, 3.63) is 36.8 Å². The average molecular weight is 386 g/mol. The molecule has 0 spiro atoms. The number of nitrogens with zero attached hydrogens (tertiary/aromatic N) is 4. The van der Waals surface area contributed by atoms with E-state index in [-0.39, 0.29) is 0 Å². The number of nitrogens with two attached hydrogens (primary N) is 1. The summed E-state index contributed by atoms with van der Waals surface area (Å²) in [7, 11) is 1.97. The van der Waals surface area contributed by atoms with Gasteiger partial charge in [-0.05, 0) is 76.8 Å². The second-order valence-corrected chi connectivity index (χ2v) is 6.41. The van der Waals surface area contributed by atoms with Gasteiger partial charge in [0, 0.05) is 19.0 Å². The van der Waals surface area contributed by atoms with Gasteiger partial charge in [0.05, 0.1) is 6.20 Å². The van der Waals surface area contributed by atoms with Gasteiger partial charge in [-0.1, -0.05) is 19.1 Å². The maximum Gasteiger partial charge on any atom is 0.180 e. The van der Waals surface area contributed by atoms with Crippen LogP contribution in [0.5, 0.6) is 0 Å². The molecule has 7 heteroatoms. The first-order chi connectivity index (χ1) is 13.8. The Bertz CT molecular complexity index is 656. The van der Waals surface area contributed by atoms with Gasteiger partial charge in [0.1, 0.15) is 5.69 Å². The number of hydrogen-bond acceptors (Lipinski definition) is 6. The number of rotatable bonds is 16. The molecule has 0 amide bonds. The van der Waals surface area contributed by atoms with Crippen LogP contribution >= 0.6 is 0 Å². The monoisotopic (exact) mass is 385 g/mol. The summed E-state index contributed by atoms with van der Waals surface area (Å²) in [6, 6.07) is 0. The highest BCUT2D eigenvalue weighted by Crippen LogP contribution is 2.27. The molecule has 0 atom stereocenters. The first kappa shape index (κ1) is 23.4. The molecule has 28 heavy (non-hydrogen) atoms. The second kappa shape index (κ2) is 15.4. The van der Waals surface area contributed by atoms with Gasteiger partial charge in [0.25, 0.3) is 0 Å². The molecule has 154 valence electrons. The van der Waals surface area contributed by atoms with Gasteiger partial charge < -0.3 is 16.4 Å². The molecule has 1 aromatic heterocycles. The van der Waals surface area contributed by atoms with Crippen molar-refractivity contribution < 1.29 is 0 Å². The Kier molecular flexibility index (Phi) is 12.8. The highest BCUT2D eigenvalue weighted by Gasteiger charge is 2.06. The molecule has 0 unspecified atom stereocenters. The summed E-state index contributed by atoms with van der Waals surface area (Å²) >= 11 is 0. The van der Waals surface area contributed by atoms with Crippen LogP contribution < -0.4 is 16.4 Å². The maximum atomic E-state index is 5.74. The fraction of sp³-hybridized carbons (Fsp3) is 0.476. The Morgan fingerprint density at radius 2 is 2.07 bits per heavy atom. The zero-order chi connectivity index (χ0) is 20.5. The van der Waals surface area contributed by atoms with E-state index in [1.165, 1.54) is 0 Å². The number of allylic oxidation sites excluding steroid dienone is 2. The van der Waals surface area contributed by atoms with Crippen LogP contribution in [0, 0.1) is 0 Å². The summed E-state index contributed by atoms with van der Waals surface area (Å²) in [6.45, 7) is 9.28. The van der Waals surface area contributed by atoms with Crippen molar-refractivity contribution in [2.75, 3.05) is 20.1 Å². The first-order valence-corrected chi connectivity index (χ1v) is 9.91. The molecule has 0 aliphatic carbocycles. The molecule has 0 bridgehead atoms. The van der Waals surface area contributed by atoms with Gasteiger partial charge in [0.15, 0.2) is 5.82 Å². The van der Waals surface area contributed by atoms with E-state index in [0.29, 0.717) is 11.5 Å². The number of aliphatic imine (C=N–C) groups is 2. The Labute approximate surface area is 169 Å². The van der Waals surface area contributed by atoms with Crippen LogP contribution in [0.25, 0.3) is 6.20 Å². The van der Waals surface area contributed by atoms with Gasteiger partial charge >= 0.3 is 0 Å². The fourth-order valence-corrected chi connectivity index (χ4v) is 2.62. The van der Waals surface area contributed by atoms with Gasteiger partial charge in [0.2, 0.25) is 0 Å². The lowest BCUT2D eigenvalue weighted by Crippen LogP contribution is -2.06. The molecule has 1 heterocycles. The van der Waals surface area contributed by atoms with Crippen molar-refractivity contribution in [1.29, 1.82) is 0 Å². The minimum atomic E-state index is 0.634. The molecule has 7 nitrogen and oxygen atoms in total. The smallest absolute Gasteiger partial charge is 0.180 e. The Morgan fingerprint density at radius 1 is 1.25 bits per heavy atom. The van der Waals surface area contributed by atoms with Crippen molar-refractivity contribution in [3.63, 3.8) is 0 Å². The van der Waals surface area contributed by atoms with E-state index in [2.05, 4.69) is 45.1 Å². The van der Waals surface area contributed by atoms with E-state index in [9.17, 15) is 0 Å². The summed E-state index contributed by atoms with van der Waals surface area (Å²) < 4.78 is 1.70. The van der Waals surface area contributed by atoms with Crippen molar-refractivity contribution in [1.82, 2.24) is 20.4 Å². The Balaban J connectivity index is 2.55. The molecule has 1 rings (SSSR count). The maximum absolute atomic E-state index is 5.74. The standard InChI is InChI=1S/C21H35N7/c1-4-25-14-10-7-8-12-19(16-22)17-26-20-18-27-28(21(20)24-3)15-11-6-5-9-13-23-2/h4,11,15-18,23,25H,1,3,5-10,12-14,22H2,2H3/b15-11-,19-16?,26-17?. The van der Waals surface area contributed by atoms with Gasteiger partial charge in [-0.25, -0.2) is 9.67 Å². The van der Waals surface area contributed by atoms with Crippen LogP contribution in [-0.2, 0) is 0 Å². The van der Waals surface area contributed by atoms with Crippen molar-refractivity contribution in [2.24, 2.45) is 15.7 Å². The predicted octanol–water partition coefficient (Wildman–Crippen LogP) is 3.91. The van der Waals surface area contributed by atoms with Crippen LogP contribution in [0.1, 0.15) is 44.9 Å². The summed E-state index contributed by atoms with van der Waals surface area (Å²) in [5.74, 6) is 0.634. The molecule has 0 aromatic carbocycles. The fourth-order valence-electron chi connectivity index (χ4n) is 2.62. The largest absolute Gasteiger partial charge is 0.404 e. The highest BCUT2D eigenvalue weighted by atomic mass is 15.3. The number of hydrogen-bond donors (Lipinski definition) is 3. The van der Waals surface area contributed by atoms with Crippen molar-refractivity contribution >= 4 is 30.6 Å². The summed E-state index contributed by atoms with van der Waals surface area (Å²) in [4.78, 5) is 8.58. The summed E-state index contributed by atoms with van der Waals surface area (Å²) in [5, 5.41) is 10.6. The van der Waals surface area contributed by atoms with Crippen molar-refractivity contribution in [3.8, 4) is 0 Å². The number of aromatic nitrogens is 2. The normalized spacial score (nSPS) is 12.1. The van der Waals surface area contributed by atoms with Crippen LogP contribution in [0.2, 0.25) is 0 Å². The van der Waals surface area contributed by atoms with Crippen molar-refractivity contribution in [2.45, 2.75) is 44.9 Å². The van der Waals surface area contributed by atoms with E-state index >= 15 is 0 Å². The lowest BCUT2D eigenvalue weighted by molar-refractivity contribution is 0.658. The summed E-state index contributed by atoms with van der Waals surface area (Å²) in [6.07, 6.45) is 18.3. The average Bonchev–Trinajstić information content (AvgIpc) is 3.11. The SMILES string of the molecule is C=CNCCCCCC(C=Nc1cnn(/C=C\CCCCNC)c1N=C)=CN. The quantitative estimate of drug-likeness (QED) is 0.297. The molecule has 0 saturated carbocycles. The molecular weight excluding hydrogens is 350 g/mol. The molecule has 0 fully saturated rings. The third-order valence-electron chi connectivity index (χ3n) is 4.21. The van der Waals surface area contributed by atoms with Crippen LogP contribution in [0.3, 0.4) is 0 Å². The third-order valence-corrected chi connectivity index (χ3v) is 4.21. The molecule has 0 aliphatic heterocycles. The lowest BCUT2D eigenvalue weighted by atomic mass is 10.1. The van der Waals surface area contributed by atoms with Crippen LogP contribution in [-0.4, -0.2) is 42.8 Å². The Hall–Kier alpha value is -2.67. The predicted molar refractivity (Wildman–Crippen MR) is 122 cm³/mol. The van der Waals surface area contributed by atoms with E-state index in [4.69, 9.17) is 5.73 Å². The third kappa shape index (κ3) is 9.32. The van der Waals surface area contributed by atoms with Gasteiger partial charge in [-0.15, -0.1) is 0 Å². The van der Waals surface area contributed by atoms with Crippen LogP contribution in [0.4, 0.5) is 11.5 Å². The Morgan fingerprint density at radius 3 is 2.79 bits per heavy atom. The van der Waals surface area contributed by atoms with Crippen LogP contribution in [0.15, 0.2) is 46.8 Å². The minimum absolute atomic E-state index is 0.634. The molecule has 0 aliphatic rings. The van der Waals surface area contributed by atoms with E-state index in [1.807, 2.05) is 13.2 Å². The summed E-state index contributed by atoms with van der Waals surface area (Å²) in [5.41, 5.74) is 7.42.